The van der Waals surface area contributed by atoms with Crippen LogP contribution in [0.2, 0.25) is 0 Å². The minimum atomic E-state index is 0.806. The Balaban J connectivity index is 2.18. The first-order valence-corrected chi connectivity index (χ1v) is 6.37. The molecule has 0 fully saturated rings. The van der Waals surface area contributed by atoms with Gasteiger partial charge in [0.15, 0.2) is 0 Å². The van der Waals surface area contributed by atoms with Crippen LogP contribution in [0.3, 0.4) is 0 Å². The number of rotatable bonds is 4. The summed E-state index contributed by atoms with van der Waals surface area (Å²) in [7, 11) is 1.76. The second kappa shape index (κ2) is 4.83. The molecule has 0 aliphatic heterocycles. The van der Waals surface area contributed by atoms with Crippen molar-refractivity contribution in [3.05, 3.63) is 48.5 Å². The second-order valence-electron chi connectivity index (χ2n) is 4.53. The Morgan fingerprint density at radius 3 is 2.00 bits per heavy atom. The summed E-state index contributed by atoms with van der Waals surface area (Å²) in [4.78, 5) is 0. The van der Waals surface area contributed by atoms with Crippen molar-refractivity contribution in [1.29, 1.82) is 0 Å². The molecule has 2 aromatic carbocycles. The van der Waals surface area contributed by atoms with Crippen LogP contribution in [0.5, 0.6) is 0 Å². The van der Waals surface area contributed by atoms with Crippen LogP contribution in [0.25, 0.3) is 21.8 Å². The topological polar surface area (TPSA) is 14.2 Å². The number of benzene rings is 2. The monoisotopic (exact) mass is 239 g/mol. The van der Waals surface area contributed by atoms with Gasteiger partial charge in [0.2, 0.25) is 0 Å². The molecule has 0 saturated heterocycles. The van der Waals surface area contributed by atoms with Gasteiger partial charge >= 0.3 is 0 Å². The van der Waals surface area contributed by atoms with Crippen LogP contribution in [0.15, 0.2) is 48.5 Å². The van der Waals surface area contributed by atoms with E-state index in [9.17, 15) is 0 Å². The highest BCUT2D eigenvalue weighted by Crippen LogP contribution is 2.28. The fraction of sp³-hybridized carbons (Fsp3) is 0.250. The second-order valence-corrected chi connectivity index (χ2v) is 4.53. The number of hydrogen-bond acceptors (Lipinski definition) is 1. The molecule has 0 aliphatic carbocycles. The van der Waals surface area contributed by atoms with E-state index in [1.165, 1.54) is 21.8 Å². The first-order valence-electron chi connectivity index (χ1n) is 6.37. The smallest absolute Gasteiger partial charge is 0.0491 e. The summed E-state index contributed by atoms with van der Waals surface area (Å²) in [6, 6.07) is 17.2. The largest absolute Gasteiger partial charge is 0.385 e. The minimum Gasteiger partial charge on any atom is -0.385 e. The molecule has 3 rings (SSSR count). The molecule has 0 atom stereocenters. The van der Waals surface area contributed by atoms with Crippen LogP contribution in [0, 0.1) is 0 Å². The van der Waals surface area contributed by atoms with Crippen molar-refractivity contribution >= 4 is 21.8 Å². The van der Waals surface area contributed by atoms with E-state index in [0.29, 0.717) is 0 Å². The average molecular weight is 239 g/mol. The zero-order valence-corrected chi connectivity index (χ0v) is 10.6. The summed E-state index contributed by atoms with van der Waals surface area (Å²) in [6.07, 6.45) is 1.04. The van der Waals surface area contributed by atoms with E-state index in [1.54, 1.807) is 7.11 Å². The SMILES string of the molecule is COCCCn1c2ccccc2c2ccccc21. The van der Waals surface area contributed by atoms with Crippen molar-refractivity contribution in [2.24, 2.45) is 0 Å². The lowest BCUT2D eigenvalue weighted by Gasteiger charge is -2.06. The zero-order chi connectivity index (χ0) is 12.4. The van der Waals surface area contributed by atoms with Gasteiger partial charge in [-0.2, -0.15) is 0 Å². The summed E-state index contributed by atoms with van der Waals surface area (Å²) in [5.41, 5.74) is 2.63. The van der Waals surface area contributed by atoms with Gasteiger partial charge in [-0.15, -0.1) is 0 Å². The number of ether oxygens (including phenoxy) is 1. The minimum absolute atomic E-state index is 0.806. The third kappa shape index (κ3) is 1.79. The fourth-order valence-electron chi connectivity index (χ4n) is 2.61. The van der Waals surface area contributed by atoms with Gasteiger partial charge in [0, 0.05) is 42.1 Å². The van der Waals surface area contributed by atoms with Gasteiger partial charge in [0.25, 0.3) is 0 Å². The van der Waals surface area contributed by atoms with Gasteiger partial charge in [0.05, 0.1) is 0 Å². The van der Waals surface area contributed by atoms with E-state index < -0.39 is 0 Å². The van der Waals surface area contributed by atoms with E-state index >= 15 is 0 Å². The molecule has 0 bridgehead atoms. The predicted molar refractivity (Wildman–Crippen MR) is 75.9 cm³/mol. The number of aryl methyl sites for hydroxylation is 1. The Morgan fingerprint density at radius 1 is 0.889 bits per heavy atom. The van der Waals surface area contributed by atoms with Gasteiger partial charge in [0.1, 0.15) is 0 Å². The summed E-state index contributed by atoms with van der Waals surface area (Å²) in [5, 5.41) is 2.68. The fourth-order valence-corrected chi connectivity index (χ4v) is 2.61. The molecule has 2 heteroatoms. The number of para-hydroxylation sites is 2. The number of nitrogens with zero attached hydrogens (tertiary/aromatic N) is 1. The zero-order valence-electron chi connectivity index (χ0n) is 10.6. The third-order valence-corrected chi connectivity index (χ3v) is 3.41. The van der Waals surface area contributed by atoms with Crippen LogP contribution >= 0.6 is 0 Å². The number of aromatic nitrogens is 1. The molecule has 0 N–H and O–H groups in total. The molecule has 0 spiro atoms. The highest BCUT2D eigenvalue weighted by molar-refractivity contribution is 6.07. The molecule has 0 radical (unpaired) electrons. The quantitative estimate of drug-likeness (QED) is 0.631. The van der Waals surface area contributed by atoms with Crippen LogP contribution in [-0.4, -0.2) is 18.3 Å². The highest BCUT2D eigenvalue weighted by atomic mass is 16.5. The number of methoxy groups -OCH3 is 1. The Bertz CT molecular complexity index is 616. The Hall–Kier alpha value is -1.80. The van der Waals surface area contributed by atoms with Crippen molar-refractivity contribution in [2.45, 2.75) is 13.0 Å². The average Bonchev–Trinajstić information content (AvgIpc) is 2.74. The molecule has 0 unspecified atom stereocenters. The lowest BCUT2D eigenvalue weighted by Crippen LogP contribution is -2.00. The maximum atomic E-state index is 5.15. The number of fused-ring (bicyclic) bond motifs is 3. The lowest BCUT2D eigenvalue weighted by molar-refractivity contribution is 0.191. The molecule has 0 aliphatic rings. The standard InChI is InChI=1S/C16H17NO/c1-18-12-6-11-17-15-9-4-2-7-13(15)14-8-3-5-10-16(14)17/h2-5,7-10H,6,11-12H2,1H3. The molecule has 0 saturated carbocycles. The van der Waals surface area contributed by atoms with Crippen LogP contribution in [0.4, 0.5) is 0 Å². The first-order chi connectivity index (χ1) is 8.92. The Labute approximate surface area is 107 Å². The molecular formula is C16H17NO. The predicted octanol–water partition coefficient (Wildman–Crippen LogP) is 3.83. The van der Waals surface area contributed by atoms with E-state index in [-0.39, 0.29) is 0 Å². The van der Waals surface area contributed by atoms with Gasteiger partial charge in [-0.25, -0.2) is 0 Å². The van der Waals surface area contributed by atoms with Crippen molar-refractivity contribution in [3.8, 4) is 0 Å². The van der Waals surface area contributed by atoms with E-state index in [2.05, 4.69) is 53.1 Å². The molecular weight excluding hydrogens is 222 g/mol. The van der Waals surface area contributed by atoms with Crippen molar-refractivity contribution in [3.63, 3.8) is 0 Å². The van der Waals surface area contributed by atoms with E-state index in [1.807, 2.05) is 0 Å². The van der Waals surface area contributed by atoms with Crippen molar-refractivity contribution in [2.75, 3.05) is 13.7 Å². The van der Waals surface area contributed by atoms with Crippen molar-refractivity contribution < 1.29 is 4.74 Å². The normalized spacial score (nSPS) is 11.4. The van der Waals surface area contributed by atoms with Crippen LogP contribution in [-0.2, 0) is 11.3 Å². The molecule has 0 amide bonds. The molecule has 1 heterocycles. The summed E-state index contributed by atoms with van der Waals surface area (Å²) in [5.74, 6) is 0. The Kier molecular flexibility index (Phi) is 3.03. The van der Waals surface area contributed by atoms with Gasteiger partial charge in [-0.05, 0) is 18.6 Å². The van der Waals surface area contributed by atoms with Gasteiger partial charge < -0.3 is 9.30 Å². The number of hydrogen-bond donors (Lipinski definition) is 0. The summed E-state index contributed by atoms with van der Waals surface area (Å²) >= 11 is 0. The Morgan fingerprint density at radius 2 is 1.44 bits per heavy atom. The maximum Gasteiger partial charge on any atom is 0.0491 e. The van der Waals surface area contributed by atoms with E-state index in [4.69, 9.17) is 4.74 Å². The van der Waals surface area contributed by atoms with Crippen molar-refractivity contribution in [1.82, 2.24) is 4.57 Å². The molecule has 1 aromatic heterocycles. The first kappa shape index (κ1) is 11.3. The maximum absolute atomic E-state index is 5.15. The van der Waals surface area contributed by atoms with E-state index in [0.717, 1.165) is 19.6 Å². The molecule has 2 nitrogen and oxygen atoms in total. The van der Waals surface area contributed by atoms with Gasteiger partial charge in [-0.1, -0.05) is 36.4 Å². The molecule has 92 valence electrons. The highest BCUT2D eigenvalue weighted by Gasteiger charge is 2.08. The van der Waals surface area contributed by atoms with Gasteiger partial charge in [-0.3, -0.25) is 0 Å². The third-order valence-electron chi connectivity index (χ3n) is 3.41. The van der Waals surface area contributed by atoms with Crippen LogP contribution in [0.1, 0.15) is 6.42 Å². The lowest BCUT2D eigenvalue weighted by atomic mass is 10.2. The molecule has 18 heavy (non-hydrogen) atoms. The summed E-state index contributed by atoms with van der Waals surface area (Å²) in [6.45, 7) is 1.81. The molecule has 3 aromatic rings. The summed E-state index contributed by atoms with van der Waals surface area (Å²) < 4.78 is 7.54. The van der Waals surface area contributed by atoms with Crippen LogP contribution < -0.4 is 0 Å².